The number of benzene rings is 1. The molecule has 0 saturated heterocycles. The zero-order valence-electron chi connectivity index (χ0n) is 11.3. The summed E-state index contributed by atoms with van der Waals surface area (Å²) in [4.78, 5) is 7.90. The molecule has 2 heterocycles. The predicted molar refractivity (Wildman–Crippen MR) is 72.4 cm³/mol. The van der Waals surface area contributed by atoms with E-state index in [1.54, 1.807) is 48.4 Å². The minimum atomic E-state index is -0.247. The predicted octanol–water partition coefficient (Wildman–Crippen LogP) is 2.08. The van der Waals surface area contributed by atoms with Gasteiger partial charge in [0.05, 0.1) is 11.9 Å². The van der Waals surface area contributed by atoms with Crippen LogP contribution >= 0.6 is 0 Å². The van der Waals surface area contributed by atoms with Crippen LogP contribution < -0.4 is 4.74 Å². The van der Waals surface area contributed by atoms with Crippen LogP contribution in [0.3, 0.4) is 0 Å². The molecule has 6 nitrogen and oxygen atoms in total. The number of halogens is 1. The first-order chi connectivity index (χ1) is 10.2. The molecule has 0 fully saturated rings. The van der Waals surface area contributed by atoms with Crippen LogP contribution in [0.1, 0.15) is 11.3 Å². The standard InChI is InChI=1S/C14H12FN5O/c1-10-7-12(3-4-13(10)15)20-8-11(18-19-20)9-21-14-16-5-2-6-17-14/h2-8H,9H2,1H3. The summed E-state index contributed by atoms with van der Waals surface area (Å²) in [5.74, 6) is -0.247. The Bertz CT molecular complexity index is 744. The largest absolute Gasteiger partial charge is 0.457 e. The van der Waals surface area contributed by atoms with Crippen molar-refractivity contribution in [3.63, 3.8) is 0 Å². The number of nitrogens with zero attached hydrogens (tertiary/aromatic N) is 5. The van der Waals surface area contributed by atoms with E-state index in [9.17, 15) is 4.39 Å². The lowest BCUT2D eigenvalue weighted by Gasteiger charge is -2.02. The average Bonchev–Trinajstić information content (AvgIpc) is 2.98. The lowest BCUT2D eigenvalue weighted by atomic mass is 10.2. The van der Waals surface area contributed by atoms with Crippen molar-refractivity contribution >= 4 is 0 Å². The molecule has 7 heteroatoms. The van der Waals surface area contributed by atoms with Gasteiger partial charge >= 0.3 is 6.01 Å². The SMILES string of the molecule is Cc1cc(-n2cc(COc3ncccn3)nn2)ccc1F. The molecule has 0 aliphatic rings. The molecule has 0 spiro atoms. The number of aromatic nitrogens is 5. The van der Waals surface area contributed by atoms with Crippen LogP contribution in [0.25, 0.3) is 5.69 Å². The minimum Gasteiger partial charge on any atom is -0.457 e. The van der Waals surface area contributed by atoms with Crippen LogP contribution in [0.2, 0.25) is 0 Å². The molecule has 106 valence electrons. The van der Waals surface area contributed by atoms with Gasteiger partial charge in [-0.3, -0.25) is 0 Å². The van der Waals surface area contributed by atoms with Gasteiger partial charge in [-0.25, -0.2) is 19.0 Å². The third kappa shape index (κ3) is 3.02. The van der Waals surface area contributed by atoms with Gasteiger partial charge in [0.25, 0.3) is 0 Å². The van der Waals surface area contributed by atoms with Crippen LogP contribution in [-0.4, -0.2) is 25.0 Å². The zero-order valence-corrected chi connectivity index (χ0v) is 11.3. The quantitative estimate of drug-likeness (QED) is 0.734. The molecule has 0 aliphatic heterocycles. The summed E-state index contributed by atoms with van der Waals surface area (Å²) in [5.41, 5.74) is 1.92. The molecular formula is C14H12FN5O. The Morgan fingerprint density at radius 1 is 1.24 bits per heavy atom. The molecule has 0 unspecified atom stereocenters. The summed E-state index contributed by atoms with van der Waals surface area (Å²) in [5, 5.41) is 7.99. The molecule has 0 aliphatic carbocycles. The normalized spacial score (nSPS) is 10.6. The van der Waals surface area contributed by atoms with Crippen molar-refractivity contribution in [2.24, 2.45) is 0 Å². The molecule has 21 heavy (non-hydrogen) atoms. The van der Waals surface area contributed by atoms with Gasteiger partial charge in [0.2, 0.25) is 0 Å². The van der Waals surface area contributed by atoms with Gasteiger partial charge in [0.1, 0.15) is 18.1 Å². The maximum absolute atomic E-state index is 13.2. The van der Waals surface area contributed by atoms with Crippen LogP contribution in [0, 0.1) is 12.7 Å². The molecular weight excluding hydrogens is 273 g/mol. The van der Waals surface area contributed by atoms with Crippen LogP contribution in [0.15, 0.2) is 42.9 Å². The van der Waals surface area contributed by atoms with Gasteiger partial charge in [-0.05, 0) is 36.8 Å². The summed E-state index contributed by atoms with van der Waals surface area (Å²) in [6.45, 7) is 1.91. The highest BCUT2D eigenvalue weighted by atomic mass is 19.1. The van der Waals surface area contributed by atoms with Crippen LogP contribution in [-0.2, 0) is 6.61 Å². The van der Waals surface area contributed by atoms with Crippen molar-refractivity contribution in [3.8, 4) is 11.7 Å². The van der Waals surface area contributed by atoms with E-state index in [2.05, 4.69) is 20.3 Å². The van der Waals surface area contributed by atoms with E-state index >= 15 is 0 Å². The molecule has 3 rings (SSSR count). The van der Waals surface area contributed by atoms with E-state index in [0.717, 1.165) is 5.69 Å². The Morgan fingerprint density at radius 3 is 2.81 bits per heavy atom. The summed E-state index contributed by atoms with van der Waals surface area (Å²) in [7, 11) is 0. The average molecular weight is 285 g/mol. The van der Waals surface area contributed by atoms with Gasteiger partial charge in [-0.15, -0.1) is 5.10 Å². The molecule has 0 amide bonds. The number of hydrogen-bond donors (Lipinski definition) is 0. The summed E-state index contributed by atoms with van der Waals surface area (Å²) in [6, 6.07) is 6.74. The van der Waals surface area contributed by atoms with Gasteiger partial charge < -0.3 is 4.74 Å². The Labute approximate surface area is 120 Å². The second kappa shape index (κ2) is 5.66. The zero-order chi connectivity index (χ0) is 14.7. The van der Waals surface area contributed by atoms with Crippen molar-refractivity contribution in [1.82, 2.24) is 25.0 Å². The van der Waals surface area contributed by atoms with E-state index in [1.165, 1.54) is 6.07 Å². The first-order valence-electron chi connectivity index (χ1n) is 6.30. The van der Waals surface area contributed by atoms with E-state index in [4.69, 9.17) is 4.74 Å². The molecule has 0 N–H and O–H groups in total. The molecule has 0 radical (unpaired) electrons. The second-order valence-electron chi connectivity index (χ2n) is 4.41. The summed E-state index contributed by atoms with van der Waals surface area (Å²) in [6.07, 6.45) is 4.91. The van der Waals surface area contributed by atoms with E-state index in [1.807, 2.05) is 0 Å². The van der Waals surface area contributed by atoms with Crippen molar-refractivity contribution in [1.29, 1.82) is 0 Å². The fourth-order valence-corrected chi connectivity index (χ4v) is 1.76. The maximum Gasteiger partial charge on any atom is 0.316 e. The topological polar surface area (TPSA) is 65.7 Å². The summed E-state index contributed by atoms with van der Waals surface area (Å²) < 4.78 is 20.2. The molecule has 3 aromatic rings. The first-order valence-corrected chi connectivity index (χ1v) is 6.30. The Kier molecular flexibility index (Phi) is 3.55. The third-order valence-corrected chi connectivity index (χ3v) is 2.84. The molecule has 0 atom stereocenters. The highest BCUT2D eigenvalue weighted by Gasteiger charge is 2.06. The van der Waals surface area contributed by atoms with Crippen LogP contribution in [0.4, 0.5) is 4.39 Å². The van der Waals surface area contributed by atoms with Gasteiger partial charge in [-0.2, -0.15) is 0 Å². The Morgan fingerprint density at radius 2 is 2.05 bits per heavy atom. The second-order valence-corrected chi connectivity index (χ2v) is 4.41. The monoisotopic (exact) mass is 285 g/mol. The number of aryl methyl sites for hydroxylation is 1. The van der Waals surface area contributed by atoms with Crippen molar-refractivity contribution in [2.75, 3.05) is 0 Å². The lowest BCUT2D eigenvalue weighted by molar-refractivity contribution is 0.276. The van der Waals surface area contributed by atoms with E-state index in [-0.39, 0.29) is 18.4 Å². The number of rotatable bonds is 4. The van der Waals surface area contributed by atoms with Crippen molar-refractivity contribution in [2.45, 2.75) is 13.5 Å². The number of ether oxygens (including phenoxy) is 1. The van der Waals surface area contributed by atoms with E-state index in [0.29, 0.717) is 11.3 Å². The van der Waals surface area contributed by atoms with Gasteiger partial charge in [-0.1, -0.05) is 5.21 Å². The Hall–Kier alpha value is -2.83. The molecule has 0 saturated carbocycles. The molecule has 2 aromatic heterocycles. The third-order valence-electron chi connectivity index (χ3n) is 2.84. The van der Waals surface area contributed by atoms with Crippen molar-refractivity contribution < 1.29 is 9.13 Å². The minimum absolute atomic E-state index is 0.212. The van der Waals surface area contributed by atoms with Gasteiger partial charge in [0, 0.05) is 12.4 Å². The number of hydrogen-bond acceptors (Lipinski definition) is 5. The smallest absolute Gasteiger partial charge is 0.316 e. The maximum atomic E-state index is 13.2. The van der Waals surface area contributed by atoms with Crippen LogP contribution in [0.5, 0.6) is 6.01 Å². The summed E-state index contributed by atoms with van der Waals surface area (Å²) >= 11 is 0. The lowest BCUT2D eigenvalue weighted by Crippen LogP contribution is -1.99. The fraction of sp³-hybridized carbons (Fsp3) is 0.143. The Balaban J connectivity index is 1.72. The highest BCUT2D eigenvalue weighted by molar-refractivity contribution is 5.35. The van der Waals surface area contributed by atoms with Crippen molar-refractivity contribution in [3.05, 3.63) is 59.9 Å². The first kappa shape index (κ1) is 13.2. The molecule has 1 aromatic carbocycles. The van der Waals surface area contributed by atoms with E-state index < -0.39 is 0 Å². The van der Waals surface area contributed by atoms with Gasteiger partial charge in [0.15, 0.2) is 0 Å². The molecule has 0 bridgehead atoms. The fourth-order valence-electron chi connectivity index (χ4n) is 1.76. The highest BCUT2D eigenvalue weighted by Crippen LogP contribution is 2.13.